The average molecular weight is 116 g/mol. The Kier molecular flexibility index (Phi) is 3.28. The molecule has 0 aliphatic rings. The minimum Gasteiger partial charge on any atom is -0.510 e. The smallest absolute Gasteiger partial charge is 0.111 e. The third-order valence-electron chi connectivity index (χ3n) is 0.583. The van der Waals surface area contributed by atoms with Crippen LogP contribution in [0.15, 0.2) is 12.3 Å². The van der Waals surface area contributed by atoms with Crippen molar-refractivity contribution in [3.8, 4) is 0 Å². The lowest BCUT2D eigenvalue weighted by molar-refractivity contribution is 0.0773. The summed E-state index contributed by atoms with van der Waals surface area (Å²) in [4.78, 5) is 0. The van der Waals surface area contributed by atoms with Crippen LogP contribution in [0, 0.1) is 0 Å². The van der Waals surface area contributed by atoms with E-state index in [1.165, 1.54) is 0 Å². The van der Waals surface area contributed by atoms with E-state index in [0.29, 0.717) is 0 Å². The third kappa shape index (κ3) is 5.50. The lowest BCUT2D eigenvalue weighted by Crippen LogP contribution is -2.04. The summed E-state index contributed by atoms with van der Waals surface area (Å²) in [5.41, 5.74) is 0. The molecule has 0 aromatic heterocycles. The molecule has 0 rings (SSSR count). The standard InChI is InChI=1S/C6H12O2/c1-5(2)8-4-6(3)7/h5,7H,3-4H2,1-2H3. The molecule has 8 heavy (non-hydrogen) atoms. The first kappa shape index (κ1) is 7.50. The van der Waals surface area contributed by atoms with Crippen LogP contribution in [0.25, 0.3) is 0 Å². The lowest BCUT2D eigenvalue weighted by atomic mass is 10.5. The molecular formula is C6H12O2. The Morgan fingerprint density at radius 2 is 2.25 bits per heavy atom. The van der Waals surface area contributed by atoms with Gasteiger partial charge in [-0.05, 0) is 13.8 Å². The van der Waals surface area contributed by atoms with Crippen molar-refractivity contribution in [1.82, 2.24) is 0 Å². The van der Waals surface area contributed by atoms with E-state index in [-0.39, 0.29) is 18.5 Å². The number of hydrogen-bond acceptors (Lipinski definition) is 2. The van der Waals surface area contributed by atoms with Gasteiger partial charge in [-0.25, -0.2) is 0 Å². The largest absolute Gasteiger partial charge is 0.510 e. The second-order valence-corrected chi connectivity index (χ2v) is 1.93. The van der Waals surface area contributed by atoms with Gasteiger partial charge < -0.3 is 9.84 Å². The quantitative estimate of drug-likeness (QED) is 0.566. The molecule has 0 saturated carbocycles. The summed E-state index contributed by atoms with van der Waals surface area (Å²) < 4.78 is 4.95. The van der Waals surface area contributed by atoms with Gasteiger partial charge in [0.25, 0.3) is 0 Å². The van der Waals surface area contributed by atoms with Gasteiger partial charge in [-0.2, -0.15) is 0 Å². The highest BCUT2D eigenvalue weighted by molar-refractivity contribution is 4.77. The van der Waals surface area contributed by atoms with Gasteiger partial charge >= 0.3 is 0 Å². The Bertz CT molecular complexity index is 76.6. The van der Waals surface area contributed by atoms with Crippen LogP contribution in [0.2, 0.25) is 0 Å². The van der Waals surface area contributed by atoms with Gasteiger partial charge in [0.15, 0.2) is 0 Å². The molecule has 0 radical (unpaired) electrons. The molecule has 0 spiro atoms. The third-order valence-corrected chi connectivity index (χ3v) is 0.583. The van der Waals surface area contributed by atoms with Gasteiger partial charge in [-0.3, -0.25) is 0 Å². The van der Waals surface area contributed by atoms with Crippen LogP contribution in [-0.4, -0.2) is 17.8 Å². The highest BCUT2D eigenvalue weighted by Crippen LogP contribution is 1.90. The van der Waals surface area contributed by atoms with Crippen LogP contribution in [0.4, 0.5) is 0 Å². The van der Waals surface area contributed by atoms with Crippen molar-refractivity contribution < 1.29 is 9.84 Å². The topological polar surface area (TPSA) is 29.5 Å². The first-order valence-electron chi connectivity index (χ1n) is 2.61. The molecule has 1 N–H and O–H groups in total. The highest BCUT2D eigenvalue weighted by atomic mass is 16.5. The van der Waals surface area contributed by atoms with Gasteiger partial charge in [-0.15, -0.1) is 0 Å². The van der Waals surface area contributed by atoms with Crippen molar-refractivity contribution in [3.63, 3.8) is 0 Å². The average Bonchev–Trinajstić information content (AvgIpc) is 1.61. The maximum absolute atomic E-state index is 8.48. The normalized spacial score (nSPS) is 9.88. The molecular weight excluding hydrogens is 104 g/mol. The Morgan fingerprint density at radius 1 is 1.75 bits per heavy atom. The zero-order valence-corrected chi connectivity index (χ0v) is 5.35. The SMILES string of the molecule is C=C(O)COC(C)C. The van der Waals surface area contributed by atoms with Gasteiger partial charge in [-0.1, -0.05) is 6.58 Å². The maximum Gasteiger partial charge on any atom is 0.111 e. The van der Waals surface area contributed by atoms with E-state index in [0.717, 1.165) is 0 Å². The van der Waals surface area contributed by atoms with E-state index in [1.54, 1.807) is 0 Å². The molecule has 0 unspecified atom stereocenters. The van der Waals surface area contributed by atoms with Gasteiger partial charge in [0.2, 0.25) is 0 Å². The molecule has 0 aliphatic carbocycles. The molecule has 0 aromatic rings. The summed E-state index contributed by atoms with van der Waals surface area (Å²) in [6.45, 7) is 7.32. The van der Waals surface area contributed by atoms with Gasteiger partial charge in [0.05, 0.1) is 6.10 Å². The predicted octanol–water partition coefficient (Wildman–Crippen LogP) is 1.48. The molecule has 0 atom stereocenters. The Balaban J connectivity index is 3.05. The molecule has 0 bridgehead atoms. The summed E-state index contributed by atoms with van der Waals surface area (Å²) >= 11 is 0. The van der Waals surface area contributed by atoms with Crippen molar-refractivity contribution in [3.05, 3.63) is 12.3 Å². The molecule has 0 amide bonds. The fourth-order valence-corrected chi connectivity index (χ4v) is 0.263. The zero-order valence-electron chi connectivity index (χ0n) is 5.35. The van der Waals surface area contributed by atoms with E-state index >= 15 is 0 Å². The molecule has 2 nitrogen and oxygen atoms in total. The van der Waals surface area contributed by atoms with Crippen LogP contribution in [-0.2, 0) is 4.74 Å². The van der Waals surface area contributed by atoms with E-state index in [4.69, 9.17) is 9.84 Å². The Hall–Kier alpha value is -0.500. The minimum absolute atomic E-state index is 0.0821. The van der Waals surface area contributed by atoms with Gasteiger partial charge in [0.1, 0.15) is 12.4 Å². The monoisotopic (exact) mass is 116 g/mol. The number of hydrogen-bond donors (Lipinski definition) is 1. The van der Waals surface area contributed by atoms with Crippen molar-refractivity contribution in [2.24, 2.45) is 0 Å². The molecule has 0 saturated heterocycles. The van der Waals surface area contributed by atoms with E-state index in [9.17, 15) is 0 Å². The molecule has 2 heteroatoms. The summed E-state index contributed by atoms with van der Waals surface area (Å²) in [5.74, 6) is 0.0821. The molecule has 0 aromatic carbocycles. The van der Waals surface area contributed by atoms with Crippen LogP contribution >= 0.6 is 0 Å². The number of aliphatic hydroxyl groups excluding tert-OH is 1. The highest BCUT2D eigenvalue weighted by Gasteiger charge is 1.91. The molecule has 0 aliphatic heterocycles. The van der Waals surface area contributed by atoms with Gasteiger partial charge in [0, 0.05) is 0 Å². The van der Waals surface area contributed by atoms with Crippen molar-refractivity contribution >= 4 is 0 Å². The Morgan fingerprint density at radius 3 is 2.38 bits per heavy atom. The van der Waals surface area contributed by atoms with Crippen LogP contribution in [0.1, 0.15) is 13.8 Å². The summed E-state index contributed by atoms with van der Waals surface area (Å²) in [7, 11) is 0. The number of aliphatic hydroxyl groups is 1. The van der Waals surface area contributed by atoms with Crippen LogP contribution in [0.5, 0.6) is 0 Å². The fourth-order valence-electron chi connectivity index (χ4n) is 0.263. The molecule has 0 fully saturated rings. The lowest BCUT2D eigenvalue weighted by Gasteiger charge is -2.04. The van der Waals surface area contributed by atoms with Crippen molar-refractivity contribution in [2.75, 3.05) is 6.61 Å². The number of rotatable bonds is 3. The second kappa shape index (κ2) is 3.50. The minimum atomic E-state index is 0.0821. The van der Waals surface area contributed by atoms with E-state index in [2.05, 4.69) is 6.58 Å². The summed E-state index contributed by atoms with van der Waals surface area (Å²) in [6.07, 6.45) is 0.166. The second-order valence-electron chi connectivity index (χ2n) is 1.93. The first-order valence-corrected chi connectivity index (χ1v) is 2.61. The summed E-state index contributed by atoms with van der Waals surface area (Å²) in [6, 6.07) is 0. The van der Waals surface area contributed by atoms with Crippen LogP contribution < -0.4 is 0 Å². The van der Waals surface area contributed by atoms with Crippen LogP contribution in [0.3, 0.4) is 0 Å². The maximum atomic E-state index is 8.48. The van der Waals surface area contributed by atoms with E-state index in [1.807, 2.05) is 13.8 Å². The van der Waals surface area contributed by atoms with Crippen molar-refractivity contribution in [1.29, 1.82) is 0 Å². The van der Waals surface area contributed by atoms with E-state index < -0.39 is 0 Å². The number of ether oxygens (including phenoxy) is 1. The zero-order chi connectivity index (χ0) is 6.57. The molecule has 48 valence electrons. The Labute approximate surface area is 49.8 Å². The fraction of sp³-hybridized carbons (Fsp3) is 0.667. The summed E-state index contributed by atoms with van der Waals surface area (Å²) in [5, 5.41) is 8.48. The first-order chi connectivity index (χ1) is 3.63. The predicted molar refractivity (Wildman–Crippen MR) is 32.9 cm³/mol. The molecule has 0 heterocycles. The van der Waals surface area contributed by atoms with Crippen molar-refractivity contribution in [2.45, 2.75) is 20.0 Å².